The van der Waals surface area contributed by atoms with Crippen LogP contribution in [0, 0.1) is 148 Å². The average molecular weight is 1400 g/mol. The molecule has 9 nitrogen and oxygen atoms in total. The molecule has 3 amide bonds. The summed E-state index contributed by atoms with van der Waals surface area (Å²) >= 11 is 0. The van der Waals surface area contributed by atoms with Gasteiger partial charge in [0.05, 0.1) is 0 Å². The molecule has 0 bridgehead atoms. The van der Waals surface area contributed by atoms with Crippen LogP contribution in [-0.2, 0) is 14.3 Å². The normalized spacial score (nSPS) is 24.3. The van der Waals surface area contributed by atoms with Crippen LogP contribution in [0.1, 0.15) is 126 Å². The SMILES string of the molecule is C#C[C@@H]1CCC[C@H](N)C1.C#C[C@@H]1CCC[C@H](NC(=O)OC(C)(C)C)C1.C#C[C@@H]1CCC[C@H](NC(=O)[C@H](C)N(C)C(=O)OC(C)(C)C)C1.P.[U].[U].[U]. The van der Waals surface area contributed by atoms with Crippen molar-refractivity contribution < 1.29 is 117 Å². The van der Waals surface area contributed by atoms with Crippen molar-refractivity contribution in [1.82, 2.24) is 15.5 Å². The molecule has 3 rings (SSSR count). The summed E-state index contributed by atoms with van der Waals surface area (Å²) in [6, 6.07) is 0.0577. The molecule has 3 saturated carbocycles. The molecule has 51 heavy (non-hydrogen) atoms. The van der Waals surface area contributed by atoms with Gasteiger partial charge in [0.15, 0.2) is 0 Å². The Labute approximate surface area is 385 Å². The van der Waals surface area contributed by atoms with E-state index < -0.39 is 23.3 Å². The minimum absolute atomic E-state index is 0. The number of ether oxygens (including phenoxy) is 2. The van der Waals surface area contributed by atoms with Crippen LogP contribution < -0.4 is 16.4 Å². The summed E-state index contributed by atoms with van der Waals surface area (Å²) in [5, 5.41) is 5.88. The Morgan fingerprint density at radius 1 is 0.706 bits per heavy atom. The molecule has 0 heterocycles. The third-order valence-electron chi connectivity index (χ3n) is 8.48. The Balaban J connectivity index is -0.000000336. The van der Waals surface area contributed by atoms with Crippen LogP contribution in [0.3, 0.4) is 0 Å². The molecule has 0 aromatic heterocycles. The summed E-state index contributed by atoms with van der Waals surface area (Å²) in [4.78, 5) is 37.2. The van der Waals surface area contributed by atoms with E-state index in [-0.39, 0.29) is 133 Å². The van der Waals surface area contributed by atoms with Gasteiger partial charge in [0.1, 0.15) is 17.2 Å². The van der Waals surface area contributed by atoms with Crippen LogP contribution in [0.5, 0.6) is 0 Å². The van der Waals surface area contributed by atoms with E-state index >= 15 is 0 Å². The Hall–Kier alpha value is 0.236. The number of nitrogens with one attached hydrogen (secondary N) is 2. The molecule has 0 spiro atoms. The molecule has 0 aromatic carbocycles. The fourth-order valence-corrected chi connectivity index (χ4v) is 5.79. The van der Waals surface area contributed by atoms with Gasteiger partial charge in [0.2, 0.25) is 5.91 Å². The van der Waals surface area contributed by atoms with Gasteiger partial charge in [0.25, 0.3) is 0 Å². The molecule has 3 fully saturated rings. The zero-order valence-corrected chi connectivity index (χ0v) is 46.4. The first-order valence-corrected chi connectivity index (χ1v) is 17.3. The van der Waals surface area contributed by atoms with Crippen molar-refractivity contribution in [2.24, 2.45) is 23.5 Å². The van der Waals surface area contributed by atoms with Crippen LogP contribution >= 0.6 is 9.90 Å². The first-order valence-electron chi connectivity index (χ1n) is 17.3. The Morgan fingerprint density at radius 2 is 1.10 bits per heavy atom. The van der Waals surface area contributed by atoms with Crippen LogP contribution in [0.25, 0.3) is 0 Å². The van der Waals surface area contributed by atoms with Crippen LogP contribution in [-0.4, -0.2) is 65.4 Å². The summed E-state index contributed by atoms with van der Waals surface area (Å²) in [6.07, 6.45) is 27.7. The molecule has 8 atom stereocenters. The van der Waals surface area contributed by atoms with Crippen molar-refractivity contribution in [3.63, 3.8) is 0 Å². The Bertz CT molecular complexity index is 1140. The summed E-state index contributed by atoms with van der Waals surface area (Å²) in [6.45, 7) is 12.7. The number of carbonyl (C=O) groups excluding carboxylic acids is 3. The predicted molar refractivity (Wildman–Crippen MR) is 200 cm³/mol. The first-order chi connectivity index (χ1) is 21.9. The molecule has 0 aromatic rings. The monoisotopic (exact) mass is 1400 g/mol. The maximum absolute atomic E-state index is 12.3. The minimum atomic E-state index is -0.582. The number of nitrogens with zero attached hydrogens (tertiary/aromatic N) is 1. The quantitative estimate of drug-likeness (QED) is 0.220. The van der Waals surface area contributed by atoms with E-state index in [1.807, 2.05) is 20.8 Å². The summed E-state index contributed by atoms with van der Waals surface area (Å²) in [5.74, 6) is 9.11. The number of hydrogen-bond donors (Lipinski definition) is 3. The molecule has 4 N–H and O–H groups in total. The van der Waals surface area contributed by atoms with Gasteiger partial charge in [-0.2, -0.15) is 9.90 Å². The fraction of sp³-hybridized carbons (Fsp3) is 0.763. The maximum Gasteiger partial charge on any atom is 0.410 e. The van der Waals surface area contributed by atoms with Crippen molar-refractivity contribution in [3.8, 4) is 37.0 Å². The molecule has 0 aliphatic heterocycles. The molecule has 0 radical (unpaired) electrons. The zero-order chi connectivity index (χ0) is 35.8. The van der Waals surface area contributed by atoms with Gasteiger partial charge in [-0.3, -0.25) is 9.69 Å². The molecule has 284 valence electrons. The number of hydrogen-bond acceptors (Lipinski definition) is 6. The van der Waals surface area contributed by atoms with Crippen LogP contribution in [0.2, 0.25) is 0 Å². The largest absolute Gasteiger partial charge is 0.444 e. The zero-order valence-electron chi connectivity index (χ0n) is 32.5. The van der Waals surface area contributed by atoms with Gasteiger partial charge in [0, 0.05) is 136 Å². The van der Waals surface area contributed by atoms with Crippen molar-refractivity contribution in [2.45, 2.75) is 161 Å². The van der Waals surface area contributed by atoms with Gasteiger partial charge >= 0.3 is 12.2 Å². The van der Waals surface area contributed by atoms with E-state index in [0.717, 1.165) is 64.2 Å². The molecular weight excluding hydrogens is 1340 g/mol. The Kier molecular flexibility index (Phi) is 33.5. The predicted octanol–water partition coefficient (Wildman–Crippen LogP) is 6.45. The summed E-state index contributed by atoms with van der Waals surface area (Å²) in [5.41, 5.74) is 4.69. The van der Waals surface area contributed by atoms with E-state index in [1.54, 1.807) is 34.7 Å². The third-order valence-corrected chi connectivity index (χ3v) is 8.48. The number of rotatable bonds is 4. The first kappa shape index (κ1) is 58.0. The van der Waals surface area contributed by atoms with E-state index in [4.69, 9.17) is 34.5 Å². The van der Waals surface area contributed by atoms with Crippen molar-refractivity contribution in [2.75, 3.05) is 7.05 Å². The number of likely N-dealkylation sites (N-methyl/N-ethyl adjacent to an activating group) is 1. The number of terminal acetylenes is 3. The van der Waals surface area contributed by atoms with Crippen LogP contribution in [0.15, 0.2) is 0 Å². The van der Waals surface area contributed by atoms with Gasteiger partial charge in [-0.25, -0.2) is 9.59 Å². The number of alkyl carbamates (subject to hydrolysis) is 1. The van der Waals surface area contributed by atoms with E-state index in [2.05, 4.69) is 28.4 Å². The van der Waals surface area contributed by atoms with Gasteiger partial charge in [-0.15, -0.1) is 37.0 Å². The fourth-order valence-electron chi connectivity index (χ4n) is 5.79. The van der Waals surface area contributed by atoms with Crippen molar-refractivity contribution in [3.05, 3.63) is 0 Å². The van der Waals surface area contributed by atoms with E-state index in [1.165, 1.54) is 17.7 Å². The molecule has 1 unspecified atom stereocenters. The van der Waals surface area contributed by atoms with Crippen LogP contribution in [0.4, 0.5) is 9.59 Å². The summed E-state index contributed by atoms with van der Waals surface area (Å²) < 4.78 is 10.5. The number of nitrogens with two attached hydrogens (primary N) is 1. The molecule has 3 aliphatic carbocycles. The van der Waals surface area contributed by atoms with E-state index in [9.17, 15) is 14.4 Å². The average Bonchev–Trinajstić information content (AvgIpc) is 2.99. The third kappa shape index (κ3) is 26.6. The second kappa shape index (κ2) is 29.5. The van der Waals surface area contributed by atoms with Gasteiger partial charge < -0.3 is 25.8 Å². The smallest absolute Gasteiger partial charge is 0.410 e. The standard InChI is InChI=1S/C17H28N2O3.C13H21NO2.C8H13N.H3P.3U/c1-7-13-9-8-10-14(11-13)18-15(20)12(2)19(6)16(21)22-17(3,4)5;1-5-10-7-6-8-11(9-10)14-12(15)16-13(2,3)4;1-2-7-4-3-5-8(9)6-7;;;;/h1,12-14H,8-11H2,2-6H3,(H,18,20);1,10-11H,6-9H2,2-4H3,(H,14,15);1,7-8H,3-6,9H2;1H3;;;/t12-,13+,14-;10-,11+;7-,8+;;;;/m011..../s1. The Morgan fingerprint density at radius 3 is 1.47 bits per heavy atom. The molecule has 13 heteroatoms. The van der Waals surface area contributed by atoms with Gasteiger partial charge in [-0.1, -0.05) is 19.3 Å². The molecule has 3 aliphatic rings. The van der Waals surface area contributed by atoms with Gasteiger partial charge in [-0.05, 0) is 106 Å². The van der Waals surface area contributed by atoms with Crippen molar-refractivity contribution in [1.29, 1.82) is 0 Å². The number of carbonyl (C=O) groups is 3. The second-order valence-corrected chi connectivity index (χ2v) is 15.2. The second-order valence-electron chi connectivity index (χ2n) is 15.2. The number of amides is 3. The topological polar surface area (TPSA) is 123 Å². The molecule has 0 saturated heterocycles. The minimum Gasteiger partial charge on any atom is -0.444 e. The van der Waals surface area contributed by atoms with Crippen molar-refractivity contribution >= 4 is 28.0 Å². The van der Waals surface area contributed by atoms with E-state index in [0.29, 0.717) is 17.9 Å². The summed E-state index contributed by atoms with van der Waals surface area (Å²) in [7, 11) is 1.57. The molecular formula is C38H65N4O5PU3. The maximum atomic E-state index is 12.3.